The van der Waals surface area contributed by atoms with Crippen LogP contribution in [0.4, 0.5) is 15.8 Å². The van der Waals surface area contributed by atoms with E-state index >= 15 is 0 Å². The van der Waals surface area contributed by atoms with Crippen LogP contribution in [0.3, 0.4) is 0 Å². The van der Waals surface area contributed by atoms with Gasteiger partial charge in [0.15, 0.2) is 0 Å². The van der Waals surface area contributed by atoms with Gasteiger partial charge in [-0.3, -0.25) is 0 Å². The molecule has 0 amide bonds. The lowest BCUT2D eigenvalue weighted by Crippen LogP contribution is -2.11. The number of benzene rings is 2. The van der Waals surface area contributed by atoms with Crippen molar-refractivity contribution >= 4 is 27.3 Å². The van der Waals surface area contributed by atoms with Crippen LogP contribution in [-0.2, 0) is 5.33 Å². The number of nitrogens with zero attached hydrogens (tertiary/aromatic N) is 1. The molecule has 0 aliphatic heterocycles. The number of alkyl halides is 1. The summed E-state index contributed by atoms with van der Waals surface area (Å²) in [5, 5.41) is 0.781. The van der Waals surface area contributed by atoms with E-state index in [-0.39, 0.29) is 5.82 Å². The van der Waals surface area contributed by atoms with E-state index in [0.29, 0.717) is 0 Å². The largest absolute Gasteiger partial charge is 0.344 e. The molecule has 0 N–H and O–H groups in total. The van der Waals surface area contributed by atoms with Gasteiger partial charge in [-0.25, -0.2) is 4.39 Å². The lowest BCUT2D eigenvalue weighted by Gasteiger charge is -2.22. The monoisotopic (exact) mass is 307 g/mol. The molecule has 18 heavy (non-hydrogen) atoms. The molecule has 0 unspecified atom stereocenters. The fraction of sp³-hybridized carbons (Fsp3) is 0.200. The van der Waals surface area contributed by atoms with Gasteiger partial charge in [0.2, 0.25) is 0 Å². The molecule has 0 atom stereocenters. The minimum atomic E-state index is -0.216. The van der Waals surface area contributed by atoms with E-state index in [0.717, 1.165) is 16.7 Å². The van der Waals surface area contributed by atoms with Crippen LogP contribution in [0.15, 0.2) is 42.5 Å². The first-order valence-corrected chi connectivity index (χ1v) is 6.89. The highest BCUT2D eigenvalue weighted by molar-refractivity contribution is 9.08. The van der Waals surface area contributed by atoms with Crippen molar-refractivity contribution < 1.29 is 4.39 Å². The summed E-state index contributed by atoms with van der Waals surface area (Å²) < 4.78 is 13.3. The van der Waals surface area contributed by atoms with Gasteiger partial charge in [-0.1, -0.05) is 39.7 Å². The normalized spacial score (nSPS) is 10.4. The highest BCUT2D eigenvalue weighted by Crippen LogP contribution is 2.29. The maximum absolute atomic E-state index is 13.3. The molecule has 1 nitrogen and oxygen atoms in total. The minimum Gasteiger partial charge on any atom is -0.344 e. The highest BCUT2D eigenvalue weighted by Gasteiger charge is 2.09. The second kappa shape index (κ2) is 5.53. The van der Waals surface area contributed by atoms with Gasteiger partial charge < -0.3 is 4.90 Å². The first-order chi connectivity index (χ1) is 8.61. The summed E-state index contributed by atoms with van der Waals surface area (Å²) in [7, 11) is 1.95. The van der Waals surface area contributed by atoms with Crippen LogP contribution < -0.4 is 4.90 Å². The summed E-state index contributed by atoms with van der Waals surface area (Å²) in [6.07, 6.45) is 0. The number of anilines is 2. The van der Waals surface area contributed by atoms with Crippen molar-refractivity contribution in [2.24, 2.45) is 0 Å². The lowest BCUT2D eigenvalue weighted by molar-refractivity contribution is 0.628. The molecule has 0 saturated carbocycles. The number of hydrogen-bond donors (Lipinski definition) is 0. The third-order valence-electron chi connectivity index (χ3n) is 2.94. The number of aryl methyl sites for hydroxylation is 1. The molecule has 2 aromatic carbocycles. The Balaban J connectivity index is 2.42. The Morgan fingerprint density at radius 1 is 1.17 bits per heavy atom. The Morgan fingerprint density at radius 3 is 2.61 bits per heavy atom. The molecule has 0 aliphatic rings. The summed E-state index contributed by atoms with van der Waals surface area (Å²) in [5.41, 5.74) is 4.35. The Bertz CT molecular complexity index is 554. The second-order valence-electron chi connectivity index (χ2n) is 4.30. The van der Waals surface area contributed by atoms with Crippen molar-refractivity contribution in [3.63, 3.8) is 0 Å². The van der Waals surface area contributed by atoms with Crippen LogP contribution in [0.1, 0.15) is 11.1 Å². The van der Waals surface area contributed by atoms with E-state index < -0.39 is 0 Å². The summed E-state index contributed by atoms with van der Waals surface area (Å²) in [4.78, 5) is 2.00. The van der Waals surface area contributed by atoms with E-state index in [4.69, 9.17) is 0 Å². The molecule has 0 aromatic heterocycles. The van der Waals surface area contributed by atoms with Crippen molar-refractivity contribution in [1.29, 1.82) is 0 Å². The third kappa shape index (κ3) is 2.72. The smallest absolute Gasteiger partial charge is 0.125 e. The van der Waals surface area contributed by atoms with Crippen LogP contribution in [0.25, 0.3) is 0 Å². The first kappa shape index (κ1) is 13.1. The zero-order valence-electron chi connectivity index (χ0n) is 10.5. The highest BCUT2D eigenvalue weighted by atomic mass is 79.9. The van der Waals surface area contributed by atoms with Gasteiger partial charge in [-0.15, -0.1) is 0 Å². The fourth-order valence-corrected chi connectivity index (χ4v) is 2.42. The molecule has 0 aliphatic carbocycles. The van der Waals surface area contributed by atoms with Gasteiger partial charge in [0.1, 0.15) is 5.82 Å². The van der Waals surface area contributed by atoms with Crippen LogP contribution >= 0.6 is 15.9 Å². The average Bonchev–Trinajstić information content (AvgIpc) is 2.37. The molecule has 0 radical (unpaired) electrons. The summed E-state index contributed by atoms with van der Waals surface area (Å²) in [5.74, 6) is -0.216. The van der Waals surface area contributed by atoms with Crippen molar-refractivity contribution in [1.82, 2.24) is 0 Å². The maximum atomic E-state index is 13.3. The standard InChI is InChI=1S/C15H15BrFN/c1-11-6-7-15(12(8-11)10-16)18(2)14-5-3-4-13(17)9-14/h3-9H,10H2,1-2H3. The van der Waals surface area contributed by atoms with Gasteiger partial charge in [0, 0.05) is 23.8 Å². The van der Waals surface area contributed by atoms with E-state index in [1.54, 1.807) is 6.07 Å². The van der Waals surface area contributed by atoms with Gasteiger partial charge in [0.05, 0.1) is 0 Å². The molecule has 0 saturated heterocycles. The van der Waals surface area contributed by atoms with Crippen molar-refractivity contribution in [3.05, 3.63) is 59.4 Å². The van der Waals surface area contributed by atoms with Crippen molar-refractivity contribution in [2.45, 2.75) is 12.3 Å². The molecule has 2 rings (SSSR count). The zero-order valence-corrected chi connectivity index (χ0v) is 12.0. The number of hydrogen-bond acceptors (Lipinski definition) is 1. The topological polar surface area (TPSA) is 3.24 Å². The average molecular weight is 308 g/mol. The van der Waals surface area contributed by atoms with Crippen molar-refractivity contribution in [2.75, 3.05) is 11.9 Å². The lowest BCUT2D eigenvalue weighted by atomic mass is 10.1. The van der Waals surface area contributed by atoms with Gasteiger partial charge in [-0.05, 0) is 36.8 Å². The Morgan fingerprint density at radius 2 is 1.94 bits per heavy atom. The maximum Gasteiger partial charge on any atom is 0.125 e. The van der Waals surface area contributed by atoms with E-state index in [1.807, 2.05) is 18.0 Å². The Hall–Kier alpha value is -1.35. The van der Waals surface area contributed by atoms with Gasteiger partial charge in [0.25, 0.3) is 0 Å². The molecular formula is C15H15BrFN. The van der Waals surface area contributed by atoms with Crippen LogP contribution in [0, 0.1) is 12.7 Å². The first-order valence-electron chi connectivity index (χ1n) is 5.76. The Kier molecular flexibility index (Phi) is 4.02. The molecule has 0 fully saturated rings. The van der Waals surface area contributed by atoms with Gasteiger partial charge >= 0.3 is 0 Å². The van der Waals surface area contributed by atoms with Crippen molar-refractivity contribution in [3.8, 4) is 0 Å². The second-order valence-corrected chi connectivity index (χ2v) is 4.87. The van der Waals surface area contributed by atoms with E-state index in [9.17, 15) is 4.39 Å². The Labute approximate surface area is 115 Å². The SMILES string of the molecule is Cc1ccc(N(C)c2cccc(F)c2)c(CBr)c1. The van der Waals surface area contributed by atoms with Crippen LogP contribution in [-0.4, -0.2) is 7.05 Å². The quantitative estimate of drug-likeness (QED) is 0.736. The van der Waals surface area contributed by atoms with E-state index in [1.165, 1.54) is 23.3 Å². The predicted octanol–water partition coefficient (Wildman–Crippen LogP) is 4.80. The third-order valence-corrected chi connectivity index (χ3v) is 3.54. The molecular weight excluding hydrogens is 293 g/mol. The summed E-state index contributed by atoms with van der Waals surface area (Å²) >= 11 is 3.50. The summed E-state index contributed by atoms with van der Waals surface area (Å²) in [6.45, 7) is 2.07. The fourth-order valence-electron chi connectivity index (χ4n) is 1.97. The van der Waals surface area contributed by atoms with Gasteiger partial charge in [-0.2, -0.15) is 0 Å². The predicted molar refractivity (Wildman–Crippen MR) is 78.3 cm³/mol. The summed E-state index contributed by atoms with van der Waals surface area (Å²) in [6, 6.07) is 12.9. The molecule has 0 heterocycles. The minimum absolute atomic E-state index is 0.216. The molecule has 0 bridgehead atoms. The molecule has 3 heteroatoms. The number of halogens is 2. The zero-order chi connectivity index (χ0) is 13.1. The van der Waals surface area contributed by atoms with Crippen LogP contribution in [0.2, 0.25) is 0 Å². The molecule has 94 valence electrons. The van der Waals surface area contributed by atoms with E-state index in [2.05, 4.69) is 41.1 Å². The number of rotatable bonds is 3. The van der Waals surface area contributed by atoms with Crippen LogP contribution in [0.5, 0.6) is 0 Å². The molecule has 2 aromatic rings. The molecule has 0 spiro atoms.